The smallest absolute Gasteiger partial charge is 0.323 e. The average Bonchev–Trinajstić information content (AvgIpc) is 3.16. The summed E-state index contributed by atoms with van der Waals surface area (Å²) in [6.07, 6.45) is 8.42. The van der Waals surface area contributed by atoms with Crippen molar-refractivity contribution in [3.05, 3.63) is 59.7 Å². The van der Waals surface area contributed by atoms with Crippen LogP contribution in [0.25, 0.3) is 0 Å². The van der Waals surface area contributed by atoms with Gasteiger partial charge in [0.25, 0.3) is 0 Å². The van der Waals surface area contributed by atoms with Crippen LogP contribution in [0.4, 0.5) is 4.39 Å². The number of halogens is 1. The first kappa shape index (κ1) is 21.6. The molecule has 0 amide bonds. The lowest BCUT2D eigenvalue weighted by molar-refractivity contribution is -0.149. The zero-order valence-electron chi connectivity index (χ0n) is 17.6. The Morgan fingerprint density at radius 1 is 1.21 bits per heavy atom. The molecular weight excluding hydrogens is 367 g/mol. The highest BCUT2D eigenvalue weighted by molar-refractivity contribution is 5.75. The number of ether oxygens (including phenoxy) is 1. The molecule has 4 nitrogen and oxygen atoms in total. The number of esters is 1. The molecule has 0 saturated heterocycles. The van der Waals surface area contributed by atoms with Gasteiger partial charge in [-0.05, 0) is 62.4 Å². The number of aromatic nitrogens is 1. The van der Waals surface area contributed by atoms with Crippen molar-refractivity contribution in [2.24, 2.45) is 5.92 Å². The van der Waals surface area contributed by atoms with Gasteiger partial charge in [-0.3, -0.25) is 9.69 Å². The normalized spacial score (nSPS) is 16.1. The monoisotopic (exact) mass is 400 g/mol. The van der Waals surface area contributed by atoms with E-state index in [1.807, 2.05) is 38.2 Å². The molecule has 158 valence electrons. The fourth-order valence-electron chi connectivity index (χ4n) is 4.21. The van der Waals surface area contributed by atoms with E-state index in [0.717, 1.165) is 17.8 Å². The van der Waals surface area contributed by atoms with Gasteiger partial charge in [-0.2, -0.15) is 0 Å². The summed E-state index contributed by atoms with van der Waals surface area (Å²) in [5, 5.41) is 0. The number of benzene rings is 1. The van der Waals surface area contributed by atoms with Gasteiger partial charge in [0, 0.05) is 31.5 Å². The molecular formula is C24H33FN2O2. The Kier molecular flexibility index (Phi) is 7.87. The lowest BCUT2D eigenvalue weighted by Gasteiger charge is -2.33. The SMILES string of the molecule is CCOC(=O)[C@@H](C)N(Cc1cccn1Cc1ccc(F)cc1)CC1CCCCC1. The van der Waals surface area contributed by atoms with E-state index in [-0.39, 0.29) is 17.8 Å². The molecule has 0 radical (unpaired) electrons. The molecule has 0 N–H and O–H groups in total. The average molecular weight is 401 g/mol. The Hall–Kier alpha value is -2.14. The molecule has 2 aromatic rings. The molecule has 5 heteroatoms. The van der Waals surface area contributed by atoms with Crippen LogP contribution in [0, 0.1) is 11.7 Å². The summed E-state index contributed by atoms with van der Waals surface area (Å²) in [6.45, 7) is 6.51. The molecule has 1 saturated carbocycles. The van der Waals surface area contributed by atoms with Crippen molar-refractivity contribution in [3.8, 4) is 0 Å². The summed E-state index contributed by atoms with van der Waals surface area (Å²) in [7, 11) is 0. The van der Waals surface area contributed by atoms with Crippen LogP contribution in [0.15, 0.2) is 42.6 Å². The first-order valence-electron chi connectivity index (χ1n) is 10.9. The number of carbonyl (C=O) groups is 1. The summed E-state index contributed by atoms with van der Waals surface area (Å²) in [6, 6.07) is 10.5. The van der Waals surface area contributed by atoms with Crippen LogP contribution in [0.1, 0.15) is 57.2 Å². The second kappa shape index (κ2) is 10.6. The largest absolute Gasteiger partial charge is 0.465 e. The Labute approximate surface area is 173 Å². The Morgan fingerprint density at radius 2 is 1.93 bits per heavy atom. The zero-order chi connectivity index (χ0) is 20.6. The third-order valence-corrected chi connectivity index (χ3v) is 5.95. The molecule has 0 aliphatic heterocycles. The van der Waals surface area contributed by atoms with Crippen LogP contribution in [0.2, 0.25) is 0 Å². The first-order valence-corrected chi connectivity index (χ1v) is 10.9. The summed E-state index contributed by atoms with van der Waals surface area (Å²) >= 11 is 0. The van der Waals surface area contributed by atoms with Crippen LogP contribution in [0.5, 0.6) is 0 Å². The molecule has 3 rings (SSSR count). The van der Waals surface area contributed by atoms with E-state index in [1.54, 1.807) is 0 Å². The van der Waals surface area contributed by atoms with Crippen LogP contribution < -0.4 is 0 Å². The standard InChI is InChI=1S/C24H33FN2O2/c1-3-29-24(28)19(2)27(17-20-8-5-4-6-9-20)18-23-10-7-15-26(23)16-21-11-13-22(25)14-12-21/h7,10-15,19-20H,3-6,8-9,16-18H2,1-2H3/t19-/m1/s1. The number of hydrogen-bond acceptors (Lipinski definition) is 3. The lowest BCUT2D eigenvalue weighted by atomic mass is 9.88. The fraction of sp³-hybridized carbons (Fsp3) is 0.542. The van der Waals surface area contributed by atoms with Crippen molar-refractivity contribution in [2.45, 2.75) is 65.1 Å². The summed E-state index contributed by atoms with van der Waals surface area (Å²) in [5.41, 5.74) is 2.21. The maximum Gasteiger partial charge on any atom is 0.323 e. The van der Waals surface area contributed by atoms with Gasteiger partial charge in [0.2, 0.25) is 0 Å². The van der Waals surface area contributed by atoms with E-state index in [2.05, 4.69) is 15.5 Å². The summed E-state index contributed by atoms with van der Waals surface area (Å²) in [5.74, 6) is 0.268. The van der Waals surface area contributed by atoms with E-state index in [0.29, 0.717) is 25.6 Å². The number of hydrogen-bond donors (Lipinski definition) is 0. The predicted molar refractivity (Wildman–Crippen MR) is 113 cm³/mol. The van der Waals surface area contributed by atoms with E-state index < -0.39 is 0 Å². The second-order valence-electron chi connectivity index (χ2n) is 8.12. The quantitative estimate of drug-likeness (QED) is 0.555. The molecule has 1 aromatic heterocycles. The van der Waals surface area contributed by atoms with Gasteiger partial charge in [0.1, 0.15) is 11.9 Å². The van der Waals surface area contributed by atoms with Crippen LogP contribution in [-0.4, -0.2) is 34.6 Å². The number of rotatable bonds is 9. The van der Waals surface area contributed by atoms with Crippen molar-refractivity contribution in [1.82, 2.24) is 9.47 Å². The van der Waals surface area contributed by atoms with Crippen molar-refractivity contribution in [1.29, 1.82) is 0 Å². The molecule has 1 atom stereocenters. The minimum Gasteiger partial charge on any atom is -0.465 e. The first-order chi connectivity index (χ1) is 14.1. The lowest BCUT2D eigenvalue weighted by Crippen LogP contribution is -2.43. The van der Waals surface area contributed by atoms with E-state index in [1.165, 1.54) is 44.2 Å². The van der Waals surface area contributed by atoms with Gasteiger partial charge in [-0.25, -0.2) is 4.39 Å². The van der Waals surface area contributed by atoms with Gasteiger partial charge in [-0.1, -0.05) is 31.4 Å². The van der Waals surface area contributed by atoms with Crippen LogP contribution >= 0.6 is 0 Å². The highest BCUT2D eigenvalue weighted by atomic mass is 19.1. The highest BCUT2D eigenvalue weighted by Crippen LogP contribution is 2.26. The predicted octanol–water partition coefficient (Wildman–Crippen LogP) is 5.01. The molecule has 1 aliphatic carbocycles. The molecule has 1 aromatic carbocycles. The van der Waals surface area contributed by atoms with Crippen molar-refractivity contribution in [3.63, 3.8) is 0 Å². The fourth-order valence-corrected chi connectivity index (χ4v) is 4.21. The van der Waals surface area contributed by atoms with E-state index in [9.17, 15) is 9.18 Å². The van der Waals surface area contributed by atoms with Crippen LogP contribution in [0.3, 0.4) is 0 Å². The van der Waals surface area contributed by atoms with Crippen molar-refractivity contribution < 1.29 is 13.9 Å². The maximum atomic E-state index is 13.2. The van der Waals surface area contributed by atoms with Gasteiger partial charge in [0.05, 0.1) is 6.61 Å². The second-order valence-corrected chi connectivity index (χ2v) is 8.12. The number of carbonyl (C=O) groups excluding carboxylic acids is 1. The van der Waals surface area contributed by atoms with E-state index in [4.69, 9.17) is 4.74 Å². The van der Waals surface area contributed by atoms with Gasteiger partial charge < -0.3 is 9.30 Å². The Bertz CT molecular complexity index is 765. The van der Waals surface area contributed by atoms with Gasteiger partial charge >= 0.3 is 5.97 Å². The Balaban J connectivity index is 1.73. The Morgan fingerprint density at radius 3 is 2.62 bits per heavy atom. The zero-order valence-corrected chi connectivity index (χ0v) is 17.6. The van der Waals surface area contributed by atoms with Crippen molar-refractivity contribution in [2.75, 3.05) is 13.2 Å². The molecule has 29 heavy (non-hydrogen) atoms. The molecule has 0 bridgehead atoms. The molecule has 0 unspecified atom stereocenters. The summed E-state index contributed by atoms with van der Waals surface area (Å²) < 4.78 is 20.7. The number of nitrogens with zero attached hydrogens (tertiary/aromatic N) is 2. The van der Waals surface area contributed by atoms with E-state index >= 15 is 0 Å². The highest BCUT2D eigenvalue weighted by Gasteiger charge is 2.27. The molecule has 1 heterocycles. The maximum absolute atomic E-state index is 13.2. The molecule has 1 fully saturated rings. The van der Waals surface area contributed by atoms with Crippen LogP contribution in [-0.2, 0) is 22.6 Å². The molecule has 0 spiro atoms. The third-order valence-electron chi connectivity index (χ3n) is 5.95. The minimum atomic E-state index is -0.272. The topological polar surface area (TPSA) is 34.5 Å². The van der Waals surface area contributed by atoms with Crippen molar-refractivity contribution >= 4 is 5.97 Å². The minimum absolute atomic E-state index is 0.153. The summed E-state index contributed by atoms with van der Waals surface area (Å²) in [4.78, 5) is 14.7. The molecule has 1 aliphatic rings. The third kappa shape index (κ3) is 6.17. The van der Waals surface area contributed by atoms with Gasteiger partial charge in [-0.15, -0.1) is 0 Å². The van der Waals surface area contributed by atoms with Gasteiger partial charge in [0.15, 0.2) is 0 Å².